The monoisotopic (exact) mass is 321 g/mol. The Kier molecular flexibility index (Phi) is 3.74. The first-order valence-corrected chi connectivity index (χ1v) is 8.10. The standard InChI is InChI=1S/C18H19N5O/c1-12-15-9-14(10-19-17(15)22-21-12)20-18(24)16-7-8-23(16)11-13-5-3-2-4-6-13/h2-6,9-10,16H,7-8,11H2,1H3,(H,20,24)(H,19,21,22)/t16-/m0/s1. The summed E-state index contributed by atoms with van der Waals surface area (Å²) < 4.78 is 0. The molecule has 6 nitrogen and oxygen atoms in total. The van der Waals surface area contributed by atoms with Crippen molar-refractivity contribution in [1.29, 1.82) is 0 Å². The number of hydrogen-bond donors (Lipinski definition) is 2. The van der Waals surface area contributed by atoms with Crippen LogP contribution in [0.2, 0.25) is 0 Å². The largest absolute Gasteiger partial charge is 0.323 e. The molecule has 2 N–H and O–H groups in total. The van der Waals surface area contributed by atoms with Crippen LogP contribution < -0.4 is 5.32 Å². The van der Waals surface area contributed by atoms with Gasteiger partial charge in [-0.3, -0.25) is 14.8 Å². The third-order valence-corrected chi connectivity index (χ3v) is 4.53. The van der Waals surface area contributed by atoms with E-state index in [1.54, 1.807) is 6.20 Å². The van der Waals surface area contributed by atoms with Crippen LogP contribution >= 0.6 is 0 Å². The summed E-state index contributed by atoms with van der Waals surface area (Å²) in [5.74, 6) is 0.0273. The number of rotatable bonds is 4. The minimum absolute atomic E-state index is 0.0273. The number of nitrogens with one attached hydrogen (secondary N) is 2. The zero-order valence-corrected chi connectivity index (χ0v) is 13.5. The number of fused-ring (bicyclic) bond motifs is 1. The molecular weight excluding hydrogens is 302 g/mol. The fourth-order valence-corrected chi connectivity index (χ4v) is 3.06. The Morgan fingerprint density at radius 2 is 2.21 bits per heavy atom. The number of aromatic amines is 1. The summed E-state index contributed by atoms with van der Waals surface area (Å²) in [5, 5.41) is 10.9. The topological polar surface area (TPSA) is 73.9 Å². The van der Waals surface area contributed by atoms with Crippen LogP contribution in [-0.4, -0.2) is 38.6 Å². The molecule has 2 aromatic heterocycles. The first kappa shape index (κ1) is 14.8. The second-order valence-electron chi connectivity index (χ2n) is 6.19. The lowest BCUT2D eigenvalue weighted by Crippen LogP contribution is -2.53. The normalized spacial score (nSPS) is 17.6. The lowest BCUT2D eigenvalue weighted by Gasteiger charge is -2.39. The molecule has 1 saturated heterocycles. The van der Waals surface area contributed by atoms with Gasteiger partial charge in [0.1, 0.15) is 0 Å². The average molecular weight is 321 g/mol. The summed E-state index contributed by atoms with van der Waals surface area (Å²) in [6, 6.07) is 12.1. The van der Waals surface area contributed by atoms with Crippen LogP contribution in [0.3, 0.4) is 0 Å². The molecule has 0 radical (unpaired) electrons. The van der Waals surface area contributed by atoms with E-state index in [-0.39, 0.29) is 11.9 Å². The Bertz CT molecular complexity index is 874. The Morgan fingerprint density at radius 3 is 2.96 bits per heavy atom. The van der Waals surface area contributed by atoms with Gasteiger partial charge < -0.3 is 5.32 Å². The summed E-state index contributed by atoms with van der Waals surface area (Å²) in [7, 11) is 0. The van der Waals surface area contributed by atoms with Gasteiger partial charge in [0.2, 0.25) is 5.91 Å². The Balaban J connectivity index is 1.44. The number of anilines is 1. The fraction of sp³-hybridized carbons (Fsp3) is 0.278. The van der Waals surface area contributed by atoms with Crippen molar-refractivity contribution in [2.45, 2.75) is 25.9 Å². The fourth-order valence-electron chi connectivity index (χ4n) is 3.06. The van der Waals surface area contributed by atoms with Crippen LogP contribution in [0.25, 0.3) is 11.0 Å². The molecule has 3 heterocycles. The van der Waals surface area contributed by atoms with Crippen molar-refractivity contribution < 1.29 is 4.79 Å². The van der Waals surface area contributed by atoms with Gasteiger partial charge in [0.25, 0.3) is 0 Å². The summed E-state index contributed by atoms with van der Waals surface area (Å²) >= 11 is 0. The van der Waals surface area contributed by atoms with Gasteiger partial charge >= 0.3 is 0 Å². The molecule has 1 fully saturated rings. The van der Waals surface area contributed by atoms with Crippen LogP contribution in [0.4, 0.5) is 5.69 Å². The van der Waals surface area contributed by atoms with Gasteiger partial charge in [0.05, 0.1) is 17.9 Å². The van der Waals surface area contributed by atoms with E-state index in [2.05, 4.69) is 37.5 Å². The molecule has 0 saturated carbocycles. The van der Waals surface area contributed by atoms with E-state index in [0.717, 1.165) is 30.6 Å². The predicted octanol–water partition coefficient (Wildman–Crippen LogP) is 2.48. The number of amides is 1. The first-order valence-electron chi connectivity index (χ1n) is 8.10. The van der Waals surface area contributed by atoms with E-state index in [1.807, 2.05) is 31.2 Å². The van der Waals surface area contributed by atoms with Gasteiger partial charge in [-0.1, -0.05) is 30.3 Å². The maximum Gasteiger partial charge on any atom is 0.241 e. The average Bonchev–Trinajstić information content (AvgIpc) is 2.93. The Labute approximate surface area is 139 Å². The molecule has 4 rings (SSSR count). The highest BCUT2D eigenvalue weighted by atomic mass is 16.2. The van der Waals surface area contributed by atoms with E-state index >= 15 is 0 Å². The van der Waals surface area contributed by atoms with Gasteiger partial charge in [-0.25, -0.2) is 4.98 Å². The number of aromatic nitrogens is 3. The van der Waals surface area contributed by atoms with Crippen LogP contribution in [0.5, 0.6) is 0 Å². The van der Waals surface area contributed by atoms with Crippen LogP contribution in [-0.2, 0) is 11.3 Å². The first-order chi connectivity index (χ1) is 11.7. The number of nitrogens with zero attached hydrogens (tertiary/aromatic N) is 3. The molecule has 1 atom stereocenters. The third-order valence-electron chi connectivity index (χ3n) is 4.53. The number of aryl methyl sites for hydroxylation is 1. The molecule has 0 unspecified atom stereocenters. The summed E-state index contributed by atoms with van der Waals surface area (Å²) in [4.78, 5) is 19.0. The van der Waals surface area contributed by atoms with Crippen molar-refractivity contribution in [2.75, 3.05) is 11.9 Å². The zero-order chi connectivity index (χ0) is 16.5. The highest BCUT2D eigenvalue weighted by molar-refractivity contribution is 5.96. The molecule has 1 amide bonds. The summed E-state index contributed by atoms with van der Waals surface area (Å²) in [6.45, 7) is 3.69. The second-order valence-corrected chi connectivity index (χ2v) is 6.19. The van der Waals surface area contributed by atoms with Crippen molar-refractivity contribution in [1.82, 2.24) is 20.1 Å². The lowest BCUT2D eigenvalue weighted by molar-refractivity contribution is -0.125. The smallest absolute Gasteiger partial charge is 0.241 e. The highest BCUT2D eigenvalue weighted by Crippen LogP contribution is 2.23. The number of carbonyl (C=O) groups is 1. The van der Waals surface area contributed by atoms with Crippen molar-refractivity contribution >= 4 is 22.6 Å². The van der Waals surface area contributed by atoms with Crippen molar-refractivity contribution in [3.8, 4) is 0 Å². The minimum atomic E-state index is -0.0775. The number of likely N-dealkylation sites (tertiary alicyclic amines) is 1. The second kappa shape index (κ2) is 6.05. The third kappa shape index (κ3) is 2.76. The maximum absolute atomic E-state index is 12.6. The van der Waals surface area contributed by atoms with Gasteiger partial charge in [-0.05, 0) is 25.0 Å². The van der Waals surface area contributed by atoms with E-state index in [0.29, 0.717) is 11.3 Å². The van der Waals surface area contributed by atoms with Crippen molar-refractivity contribution in [3.63, 3.8) is 0 Å². The predicted molar refractivity (Wildman–Crippen MR) is 92.5 cm³/mol. The van der Waals surface area contributed by atoms with E-state index in [1.165, 1.54) is 5.56 Å². The van der Waals surface area contributed by atoms with E-state index in [4.69, 9.17) is 0 Å². The van der Waals surface area contributed by atoms with Gasteiger partial charge in [-0.2, -0.15) is 5.10 Å². The van der Waals surface area contributed by atoms with Crippen LogP contribution in [0, 0.1) is 6.92 Å². The molecule has 6 heteroatoms. The molecule has 0 bridgehead atoms. The summed E-state index contributed by atoms with van der Waals surface area (Å²) in [5.41, 5.74) is 3.55. The van der Waals surface area contributed by atoms with Gasteiger partial charge in [-0.15, -0.1) is 0 Å². The molecule has 1 aromatic carbocycles. The van der Waals surface area contributed by atoms with Crippen molar-refractivity contribution in [3.05, 3.63) is 53.9 Å². The molecule has 0 aliphatic carbocycles. The highest BCUT2D eigenvalue weighted by Gasteiger charge is 2.34. The molecule has 1 aliphatic heterocycles. The zero-order valence-electron chi connectivity index (χ0n) is 13.5. The summed E-state index contributed by atoms with van der Waals surface area (Å²) in [6.07, 6.45) is 2.54. The SMILES string of the molecule is Cc1[nH]nc2ncc(NC(=O)[C@@H]3CCN3Cc3ccccc3)cc12. The number of carbonyl (C=O) groups excluding carboxylic acids is 1. The van der Waals surface area contributed by atoms with E-state index in [9.17, 15) is 4.79 Å². The molecule has 3 aromatic rings. The number of hydrogen-bond acceptors (Lipinski definition) is 4. The number of benzene rings is 1. The van der Waals surface area contributed by atoms with Crippen LogP contribution in [0.15, 0.2) is 42.6 Å². The molecular formula is C18H19N5O. The minimum Gasteiger partial charge on any atom is -0.323 e. The number of pyridine rings is 1. The van der Waals surface area contributed by atoms with Crippen molar-refractivity contribution in [2.24, 2.45) is 0 Å². The Hall–Kier alpha value is -2.73. The molecule has 24 heavy (non-hydrogen) atoms. The number of H-pyrrole nitrogens is 1. The van der Waals surface area contributed by atoms with Gasteiger partial charge in [0.15, 0.2) is 5.65 Å². The van der Waals surface area contributed by atoms with Gasteiger partial charge in [0, 0.05) is 24.2 Å². The molecule has 122 valence electrons. The Morgan fingerprint density at radius 1 is 1.38 bits per heavy atom. The molecule has 0 spiro atoms. The maximum atomic E-state index is 12.6. The van der Waals surface area contributed by atoms with Crippen LogP contribution in [0.1, 0.15) is 17.7 Å². The lowest BCUT2D eigenvalue weighted by atomic mass is 10.0. The van der Waals surface area contributed by atoms with E-state index < -0.39 is 0 Å². The quantitative estimate of drug-likeness (QED) is 0.774. The molecule has 1 aliphatic rings.